The van der Waals surface area contributed by atoms with E-state index in [0.717, 1.165) is 55.4 Å². The molecule has 2 aliphatic carbocycles. The van der Waals surface area contributed by atoms with Crippen LogP contribution in [-0.2, 0) is 14.3 Å². The van der Waals surface area contributed by atoms with Crippen LogP contribution in [0.25, 0.3) is 6.08 Å². The first-order valence-electron chi connectivity index (χ1n) is 14.8. The van der Waals surface area contributed by atoms with E-state index >= 15 is 0 Å². The maximum Gasteiger partial charge on any atom is 0.234 e. The summed E-state index contributed by atoms with van der Waals surface area (Å²) in [6, 6.07) is 17.1. The summed E-state index contributed by atoms with van der Waals surface area (Å²) in [5, 5.41) is 9.81. The van der Waals surface area contributed by atoms with Crippen molar-refractivity contribution in [2.24, 2.45) is 17.8 Å². The van der Waals surface area contributed by atoms with Gasteiger partial charge in [0.1, 0.15) is 18.1 Å². The molecule has 0 bridgehead atoms. The number of phenolic OH excluding ortho intramolecular Hbond substituents is 1. The number of fused-ring (bicyclic) bond motifs is 3. The number of aromatic hydroxyl groups is 1. The Morgan fingerprint density at radius 2 is 1.82 bits per heavy atom. The molecular weight excluding hydrogens is 502 g/mol. The Labute approximate surface area is 236 Å². The molecule has 0 radical (unpaired) electrons. The van der Waals surface area contributed by atoms with Crippen molar-refractivity contribution in [2.75, 3.05) is 13.2 Å². The van der Waals surface area contributed by atoms with E-state index in [1.54, 1.807) is 17.0 Å². The second-order valence-electron chi connectivity index (χ2n) is 11.9. The zero-order valence-electron chi connectivity index (χ0n) is 23.3. The van der Waals surface area contributed by atoms with Gasteiger partial charge >= 0.3 is 0 Å². The van der Waals surface area contributed by atoms with Crippen LogP contribution in [0.4, 0.5) is 0 Å². The SMILES string of the molecule is C/C(=C\c1cccc(O)c1)CC[C@H]1OC[C@H]2C1=C(COc1ccccc1)C[C@H]1C(=O)N(C3CCCCC3)C(=O)[C@H]12. The quantitative estimate of drug-likeness (QED) is 0.313. The lowest BCUT2D eigenvalue weighted by Crippen LogP contribution is -2.42. The van der Waals surface area contributed by atoms with E-state index in [0.29, 0.717) is 19.6 Å². The van der Waals surface area contributed by atoms with E-state index in [1.807, 2.05) is 42.5 Å². The minimum Gasteiger partial charge on any atom is -0.508 e. The maximum absolute atomic E-state index is 13.8. The van der Waals surface area contributed by atoms with Gasteiger partial charge in [0.15, 0.2) is 0 Å². The Hall–Kier alpha value is -3.38. The second kappa shape index (κ2) is 11.6. The number of benzene rings is 2. The van der Waals surface area contributed by atoms with Crippen LogP contribution >= 0.6 is 0 Å². The maximum atomic E-state index is 13.8. The Bertz CT molecular complexity index is 1310. The number of carbonyl (C=O) groups excluding carboxylic acids is 2. The molecule has 2 heterocycles. The molecule has 0 aromatic heterocycles. The van der Waals surface area contributed by atoms with Crippen LogP contribution in [0.5, 0.6) is 11.5 Å². The Morgan fingerprint density at radius 3 is 2.60 bits per heavy atom. The largest absolute Gasteiger partial charge is 0.508 e. The zero-order valence-corrected chi connectivity index (χ0v) is 23.3. The molecule has 0 unspecified atom stereocenters. The van der Waals surface area contributed by atoms with Gasteiger partial charge in [0.2, 0.25) is 11.8 Å². The van der Waals surface area contributed by atoms with Gasteiger partial charge in [-0.15, -0.1) is 0 Å². The number of hydrogen-bond donors (Lipinski definition) is 1. The molecule has 3 fully saturated rings. The Balaban J connectivity index is 1.24. The van der Waals surface area contributed by atoms with Crippen molar-refractivity contribution in [3.8, 4) is 11.5 Å². The summed E-state index contributed by atoms with van der Waals surface area (Å²) >= 11 is 0. The lowest BCUT2D eigenvalue weighted by molar-refractivity contribution is -0.143. The molecule has 6 rings (SSSR count). The summed E-state index contributed by atoms with van der Waals surface area (Å²) in [7, 11) is 0. The monoisotopic (exact) mass is 541 g/mol. The molecule has 2 aromatic carbocycles. The molecule has 40 heavy (non-hydrogen) atoms. The molecule has 4 aliphatic rings. The molecule has 4 atom stereocenters. The van der Waals surface area contributed by atoms with E-state index < -0.39 is 0 Å². The van der Waals surface area contributed by atoms with Crippen LogP contribution in [-0.4, -0.2) is 47.2 Å². The first-order valence-corrected chi connectivity index (χ1v) is 14.8. The number of amides is 2. The fourth-order valence-corrected chi connectivity index (χ4v) is 7.35. The van der Waals surface area contributed by atoms with Crippen LogP contribution in [0, 0.1) is 17.8 Å². The lowest BCUT2D eigenvalue weighted by Gasteiger charge is -2.32. The number of ether oxygens (including phenoxy) is 2. The first kappa shape index (κ1) is 26.8. The number of carbonyl (C=O) groups is 2. The molecule has 2 saturated heterocycles. The Kier molecular flexibility index (Phi) is 7.79. The predicted octanol–water partition coefficient (Wildman–Crippen LogP) is 6.30. The molecule has 6 nitrogen and oxygen atoms in total. The standard InChI is InChI=1S/C34H39NO5/c1-22(17-23-9-8-12-26(36)18-23)15-16-30-31-24(20-39-27-13-6-3-7-14-27)19-28-32(29(31)21-40-30)34(38)35(33(28)37)25-10-4-2-5-11-25/h3,6-9,12-14,17-18,25,28-30,32,36H,2,4-5,10-11,15-16,19-21H2,1H3/b22-17+/t28-,29+,30-,32-/m1/s1. The third kappa shape index (κ3) is 5.34. The second-order valence-corrected chi connectivity index (χ2v) is 11.9. The fourth-order valence-electron chi connectivity index (χ4n) is 7.35. The third-order valence-corrected chi connectivity index (χ3v) is 9.22. The number of hydrogen-bond acceptors (Lipinski definition) is 5. The highest BCUT2D eigenvalue weighted by Crippen LogP contribution is 2.51. The summed E-state index contributed by atoms with van der Waals surface area (Å²) in [5.74, 6) is 0.395. The lowest BCUT2D eigenvalue weighted by atomic mass is 9.69. The van der Waals surface area contributed by atoms with Gasteiger partial charge in [-0.1, -0.05) is 61.2 Å². The van der Waals surface area contributed by atoms with Crippen molar-refractivity contribution in [2.45, 2.75) is 70.4 Å². The highest BCUT2D eigenvalue weighted by atomic mass is 16.5. The number of rotatable bonds is 8. The average Bonchev–Trinajstić information content (AvgIpc) is 3.50. The van der Waals surface area contributed by atoms with E-state index in [2.05, 4.69) is 13.0 Å². The van der Waals surface area contributed by atoms with E-state index in [-0.39, 0.29) is 47.5 Å². The molecule has 2 amide bonds. The fraction of sp³-hybridized carbons (Fsp3) is 0.471. The van der Waals surface area contributed by atoms with Crippen LogP contribution in [0.15, 0.2) is 71.3 Å². The van der Waals surface area contributed by atoms with E-state index in [9.17, 15) is 14.7 Å². The number of nitrogens with zero attached hydrogens (tertiary/aromatic N) is 1. The van der Waals surface area contributed by atoms with Crippen LogP contribution in [0.1, 0.15) is 63.9 Å². The summed E-state index contributed by atoms with van der Waals surface area (Å²) in [5.41, 5.74) is 4.48. The number of likely N-dealkylation sites (tertiary alicyclic amines) is 1. The molecule has 2 aromatic rings. The minimum atomic E-state index is -0.321. The van der Waals surface area contributed by atoms with Crippen molar-refractivity contribution in [3.63, 3.8) is 0 Å². The first-order chi connectivity index (χ1) is 19.5. The highest BCUT2D eigenvalue weighted by Gasteiger charge is 2.58. The van der Waals surface area contributed by atoms with Gasteiger partial charge in [-0.2, -0.15) is 0 Å². The van der Waals surface area contributed by atoms with Crippen LogP contribution < -0.4 is 4.74 Å². The normalized spacial score (nSPS) is 27.2. The van der Waals surface area contributed by atoms with Crippen molar-refractivity contribution < 1.29 is 24.2 Å². The number of para-hydroxylation sites is 1. The van der Waals surface area contributed by atoms with Crippen molar-refractivity contribution in [3.05, 3.63) is 76.9 Å². The molecule has 210 valence electrons. The van der Waals surface area contributed by atoms with Crippen molar-refractivity contribution in [1.82, 2.24) is 4.90 Å². The van der Waals surface area contributed by atoms with Crippen molar-refractivity contribution in [1.29, 1.82) is 0 Å². The molecule has 1 saturated carbocycles. The van der Waals surface area contributed by atoms with Gasteiger partial charge < -0.3 is 14.6 Å². The number of imide groups is 1. The number of allylic oxidation sites excluding steroid dienone is 1. The predicted molar refractivity (Wildman–Crippen MR) is 154 cm³/mol. The third-order valence-electron chi connectivity index (χ3n) is 9.22. The van der Waals surface area contributed by atoms with Gasteiger partial charge in [-0.05, 0) is 80.0 Å². The average molecular weight is 542 g/mol. The smallest absolute Gasteiger partial charge is 0.234 e. The van der Waals surface area contributed by atoms with Gasteiger partial charge in [-0.25, -0.2) is 0 Å². The van der Waals surface area contributed by atoms with Crippen molar-refractivity contribution >= 4 is 17.9 Å². The van der Waals surface area contributed by atoms with Crippen LogP contribution in [0.2, 0.25) is 0 Å². The Morgan fingerprint density at radius 1 is 1.02 bits per heavy atom. The van der Waals surface area contributed by atoms with Gasteiger partial charge in [0.25, 0.3) is 0 Å². The molecular formula is C34H39NO5. The summed E-state index contributed by atoms with van der Waals surface area (Å²) in [4.78, 5) is 29.2. The summed E-state index contributed by atoms with van der Waals surface area (Å²) in [6.07, 6.45) is 9.40. The minimum absolute atomic E-state index is 0.0199. The molecule has 6 heteroatoms. The topological polar surface area (TPSA) is 76.1 Å². The van der Waals surface area contributed by atoms with Gasteiger partial charge in [-0.3, -0.25) is 14.5 Å². The van der Waals surface area contributed by atoms with Gasteiger partial charge in [0.05, 0.1) is 24.5 Å². The van der Waals surface area contributed by atoms with Crippen LogP contribution in [0.3, 0.4) is 0 Å². The molecule has 2 aliphatic heterocycles. The molecule has 0 spiro atoms. The van der Waals surface area contributed by atoms with E-state index in [4.69, 9.17) is 9.47 Å². The highest BCUT2D eigenvalue weighted by molar-refractivity contribution is 6.06. The zero-order chi connectivity index (χ0) is 27.6. The van der Waals surface area contributed by atoms with Gasteiger partial charge in [0, 0.05) is 12.0 Å². The molecule has 1 N–H and O–H groups in total. The summed E-state index contributed by atoms with van der Waals surface area (Å²) in [6.45, 7) is 2.98. The summed E-state index contributed by atoms with van der Waals surface area (Å²) < 4.78 is 12.6. The number of phenols is 1. The van der Waals surface area contributed by atoms with E-state index in [1.165, 1.54) is 17.6 Å².